The van der Waals surface area contributed by atoms with Gasteiger partial charge in [-0.15, -0.1) is 11.3 Å². The maximum absolute atomic E-state index is 12.6. The molecule has 2 aromatic carbocycles. The van der Waals surface area contributed by atoms with Crippen LogP contribution in [0.4, 0.5) is 5.13 Å². The highest BCUT2D eigenvalue weighted by molar-refractivity contribution is 7.14. The Labute approximate surface area is 199 Å². The predicted octanol–water partition coefficient (Wildman–Crippen LogP) is 5.27. The van der Waals surface area contributed by atoms with Crippen LogP contribution in [-0.2, 0) is 24.9 Å². The number of aromatic nitrogens is 1. The standard InChI is InChI=1S/C26H31N3O3S/c1-26(2,3)20-8-6-17(7-9-20)24(30)28-25-27-21(16-33-25)15-29-11-10-18-12-22(31-4)23(32-5)13-19(18)14-29/h6-9,12-13,16H,10-11,14-15H2,1-5H3,(H,27,28,30). The van der Waals surface area contributed by atoms with E-state index in [2.05, 4.69) is 48.1 Å². The number of hydrogen-bond acceptors (Lipinski definition) is 6. The van der Waals surface area contributed by atoms with Gasteiger partial charge in [-0.05, 0) is 52.8 Å². The molecule has 1 aliphatic heterocycles. The molecule has 6 nitrogen and oxygen atoms in total. The van der Waals surface area contributed by atoms with E-state index in [1.807, 2.05) is 29.6 Å². The molecular formula is C26H31N3O3S. The Morgan fingerprint density at radius 3 is 2.39 bits per heavy atom. The van der Waals surface area contributed by atoms with Crippen LogP contribution in [0.2, 0.25) is 0 Å². The fraction of sp³-hybridized carbons (Fsp3) is 0.385. The molecule has 0 fully saturated rings. The summed E-state index contributed by atoms with van der Waals surface area (Å²) in [5.41, 5.74) is 5.41. The monoisotopic (exact) mass is 465 g/mol. The normalized spacial score (nSPS) is 14.0. The number of nitrogens with one attached hydrogen (secondary N) is 1. The van der Waals surface area contributed by atoms with Gasteiger partial charge in [0.1, 0.15) is 0 Å². The Balaban J connectivity index is 1.38. The Morgan fingerprint density at radius 2 is 1.76 bits per heavy atom. The first kappa shape index (κ1) is 23.3. The number of hydrogen-bond donors (Lipinski definition) is 1. The van der Waals surface area contributed by atoms with Crippen LogP contribution >= 0.6 is 11.3 Å². The Bertz CT molecular complexity index is 1130. The first-order valence-electron chi connectivity index (χ1n) is 11.1. The molecule has 0 saturated carbocycles. The van der Waals surface area contributed by atoms with Crippen molar-refractivity contribution in [2.75, 3.05) is 26.1 Å². The quantitative estimate of drug-likeness (QED) is 0.537. The third-order valence-electron chi connectivity index (χ3n) is 5.97. The highest BCUT2D eigenvalue weighted by atomic mass is 32.1. The van der Waals surface area contributed by atoms with Crippen molar-refractivity contribution in [1.82, 2.24) is 9.88 Å². The molecule has 7 heteroatoms. The topological polar surface area (TPSA) is 63.7 Å². The lowest BCUT2D eigenvalue weighted by molar-refractivity contribution is 0.102. The Hall–Kier alpha value is -2.90. The van der Waals surface area contributed by atoms with Gasteiger partial charge in [-0.25, -0.2) is 4.98 Å². The lowest BCUT2D eigenvalue weighted by Gasteiger charge is -2.29. The van der Waals surface area contributed by atoms with Gasteiger partial charge in [0.25, 0.3) is 5.91 Å². The molecule has 0 saturated heterocycles. The summed E-state index contributed by atoms with van der Waals surface area (Å²) >= 11 is 1.46. The van der Waals surface area contributed by atoms with Crippen LogP contribution < -0.4 is 14.8 Å². The second-order valence-electron chi connectivity index (χ2n) is 9.36. The van der Waals surface area contributed by atoms with Crippen molar-refractivity contribution in [1.29, 1.82) is 0 Å². The van der Waals surface area contributed by atoms with Crippen molar-refractivity contribution in [3.05, 3.63) is 69.7 Å². The summed E-state index contributed by atoms with van der Waals surface area (Å²) in [5.74, 6) is 1.40. The van der Waals surface area contributed by atoms with Gasteiger partial charge in [0, 0.05) is 30.6 Å². The van der Waals surface area contributed by atoms with Crippen LogP contribution in [0.5, 0.6) is 11.5 Å². The van der Waals surface area contributed by atoms with Crippen molar-refractivity contribution in [3.63, 3.8) is 0 Å². The van der Waals surface area contributed by atoms with Gasteiger partial charge in [-0.3, -0.25) is 15.0 Å². The molecule has 0 unspecified atom stereocenters. The predicted molar refractivity (Wildman–Crippen MR) is 133 cm³/mol. The molecule has 1 aromatic heterocycles. The molecule has 0 bridgehead atoms. The minimum Gasteiger partial charge on any atom is -0.493 e. The number of nitrogens with zero attached hydrogens (tertiary/aromatic N) is 2. The highest BCUT2D eigenvalue weighted by Crippen LogP contribution is 2.33. The summed E-state index contributed by atoms with van der Waals surface area (Å²) in [6.07, 6.45) is 0.952. The van der Waals surface area contributed by atoms with Crippen molar-refractivity contribution in [2.45, 2.75) is 45.7 Å². The molecule has 0 aliphatic carbocycles. The van der Waals surface area contributed by atoms with Crippen LogP contribution in [0.3, 0.4) is 0 Å². The summed E-state index contributed by atoms with van der Waals surface area (Å²) in [7, 11) is 3.33. The fourth-order valence-electron chi connectivity index (χ4n) is 4.03. The third-order valence-corrected chi connectivity index (χ3v) is 6.77. The van der Waals surface area contributed by atoms with Crippen molar-refractivity contribution in [3.8, 4) is 11.5 Å². The minimum atomic E-state index is -0.135. The number of carbonyl (C=O) groups excluding carboxylic acids is 1. The van der Waals surface area contributed by atoms with E-state index in [-0.39, 0.29) is 11.3 Å². The molecule has 0 spiro atoms. The lowest BCUT2D eigenvalue weighted by Crippen LogP contribution is -2.30. The van der Waals surface area contributed by atoms with Crippen LogP contribution in [0.1, 0.15) is 53.5 Å². The molecule has 1 N–H and O–H groups in total. The van der Waals surface area contributed by atoms with Gasteiger partial charge in [0.2, 0.25) is 0 Å². The van der Waals surface area contributed by atoms with Gasteiger partial charge >= 0.3 is 0 Å². The van der Waals surface area contributed by atoms with Crippen molar-refractivity contribution >= 4 is 22.4 Å². The molecule has 33 heavy (non-hydrogen) atoms. The number of rotatable bonds is 6. The maximum Gasteiger partial charge on any atom is 0.257 e. The second-order valence-corrected chi connectivity index (χ2v) is 10.2. The zero-order valence-corrected chi connectivity index (χ0v) is 20.7. The van der Waals surface area contributed by atoms with Crippen LogP contribution in [0.25, 0.3) is 0 Å². The minimum absolute atomic E-state index is 0.0609. The van der Waals surface area contributed by atoms with E-state index in [0.717, 1.165) is 43.2 Å². The summed E-state index contributed by atoms with van der Waals surface area (Å²) in [6, 6.07) is 11.9. The molecule has 0 atom stereocenters. The van der Waals surface area contributed by atoms with E-state index in [1.165, 1.54) is 28.0 Å². The summed E-state index contributed by atoms with van der Waals surface area (Å²) in [6.45, 7) is 8.99. The molecule has 0 radical (unpaired) electrons. The zero-order valence-electron chi connectivity index (χ0n) is 19.9. The molecule has 4 rings (SSSR count). The van der Waals surface area contributed by atoms with E-state index in [1.54, 1.807) is 14.2 Å². The van der Waals surface area contributed by atoms with Crippen molar-refractivity contribution < 1.29 is 14.3 Å². The van der Waals surface area contributed by atoms with E-state index >= 15 is 0 Å². The van der Waals surface area contributed by atoms with E-state index in [4.69, 9.17) is 9.47 Å². The van der Waals surface area contributed by atoms with Crippen LogP contribution in [0, 0.1) is 0 Å². The zero-order chi connectivity index (χ0) is 23.6. The summed E-state index contributed by atoms with van der Waals surface area (Å²) in [5, 5.41) is 5.58. The Kier molecular flexibility index (Phi) is 6.72. The third kappa shape index (κ3) is 5.37. The number of amides is 1. The summed E-state index contributed by atoms with van der Waals surface area (Å²) in [4.78, 5) is 19.7. The number of anilines is 1. The number of carbonyl (C=O) groups is 1. The largest absolute Gasteiger partial charge is 0.493 e. The molecular weight excluding hydrogens is 434 g/mol. The van der Waals surface area contributed by atoms with Gasteiger partial charge in [0.15, 0.2) is 16.6 Å². The maximum atomic E-state index is 12.6. The fourth-order valence-corrected chi connectivity index (χ4v) is 4.73. The molecule has 1 amide bonds. The Morgan fingerprint density at radius 1 is 1.09 bits per heavy atom. The van der Waals surface area contributed by atoms with Crippen molar-refractivity contribution in [2.24, 2.45) is 0 Å². The van der Waals surface area contributed by atoms with E-state index in [0.29, 0.717) is 10.7 Å². The number of thiazole rings is 1. The molecule has 3 aromatic rings. The molecule has 174 valence electrons. The second kappa shape index (κ2) is 9.53. The highest BCUT2D eigenvalue weighted by Gasteiger charge is 2.21. The van der Waals surface area contributed by atoms with E-state index in [9.17, 15) is 4.79 Å². The van der Waals surface area contributed by atoms with Gasteiger partial charge in [0.05, 0.1) is 19.9 Å². The van der Waals surface area contributed by atoms with Gasteiger partial charge in [-0.1, -0.05) is 32.9 Å². The van der Waals surface area contributed by atoms with Gasteiger partial charge < -0.3 is 9.47 Å². The number of benzene rings is 2. The summed E-state index contributed by atoms with van der Waals surface area (Å²) < 4.78 is 10.9. The average molecular weight is 466 g/mol. The molecule has 1 aliphatic rings. The molecule has 2 heterocycles. The van der Waals surface area contributed by atoms with E-state index < -0.39 is 0 Å². The van der Waals surface area contributed by atoms with Gasteiger partial charge in [-0.2, -0.15) is 0 Å². The number of fused-ring (bicyclic) bond motifs is 1. The van der Waals surface area contributed by atoms with Crippen LogP contribution in [0.15, 0.2) is 41.8 Å². The van der Waals surface area contributed by atoms with Crippen LogP contribution in [-0.4, -0.2) is 36.6 Å². The average Bonchev–Trinajstić information content (AvgIpc) is 3.24. The first-order chi connectivity index (χ1) is 15.8. The SMILES string of the molecule is COc1cc2c(cc1OC)CN(Cc1csc(NC(=O)c3ccc(C(C)(C)C)cc3)n1)CC2. The number of ether oxygens (including phenoxy) is 2. The smallest absolute Gasteiger partial charge is 0.257 e. The first-order valence-corrected chi connectivity index (χ1v) is 12.0. The number of methoxy groups -OCH3 is 2. The lowest BCUT2D eigenvalue weighted by atomic mass is 9.87.